The number of nitrogens with zero attached hydrogens (tertiary/aromatic N) is 1. The molecule has 2 aliphatic rings. The van der Waals surface area contributed by atoms with Crippen LogP contribution in [0.4, 0.5) is 0 Å². The molecular formula is C10H13NO3S. The lowest BCUT2D eigenvalue weighted by Crippen LogP contribution is -2.48. The molecule has 0 aliphatic carbocycles. The maximum Gasteiger partial charge on any atom is 0.353 e. The number of carbonyl (C=O) groups is 2. The van der Waals surface area contributed by atoms with Crippen LogP contribution in [0.2, 0.25) is 0 Å². The van der Waals surface area contributed by atoms with Crippen LogP contribution in [0.15, 0.2) is 10.6 Å². The number of fused-ring (bicyclic) bond motifs is 1. The Kier molecular flexibility index (Phi) is 2.12. The Bertz CT molecular complexity index is 381. The second-order valence-electron chi connectivity index (χ2n) is 4.77. The largest absolute Gasteiger partial charge is 0.477 e. The zero-order valence-corrected chi connectivity index (χ0v) is 9.72. The average molecular weight is 227 g/mol. The number of carboxylic acid groups (broad SMARTS) is 1. The molecule has 0 unspecified atom stereocenters. The van der Waals surface area contributed by atoms with Gasteiger partial charge in [-0.25, -0.2) is 4.79 Å². The molecule has 1 saturated heterocycles. The molecule has 4 nitrogen and oxygen atoms in total. The van der Waals surface area contributed by atoms with Crippen molar-refractivity contribution in [3.05, 3.63) is 10.6 Å². The van der Waals surface area contributed by atoms with Crippen molar-refractivity contribution in [3.63, 3.8) is 0 Å². The van der Waals surface area contributed by atoms with Crippen molar-refractivity contribution in [3.8, 4) is 0 Å². The van der Waals surface area contributed by atoms with Crippen molar-refractivity contribution in [1.82, 2.24) is 4.90 Å². The second-order valence-corrected chi connectivity index (χ2v) is 5.96. The van der Waals surface area contributed by atoms with E-state index in [-0.39, 0.29) is 22.4 Å². The number of allylic oxidation sites excluding steroid dienone is 1. The topological polar surface area (TPSA) is 57.6 Å². The van der Waals surface area contributed by atoms with E-state index in [2.05, 4.69) is 0 Å². The minimum absolute atomic E-state index is 0.0258. The number of thioether (sulfide) groups is 1. The zero-order valence-electron chi connectivity index (χ0n) is 8.90. The fourth-order valence-electron chi connectivity index (χ4n) is 1.78. The summed E-state index contributed by atoms with van der Waals surface area (Å²) < 4.78 is 0. The number of hydrogen-bond donors (Lipinski definition) is 1. The Hall–Kier alpha value is -0.970. The molecule has 1 fully saturated rings. The molecule has 82 valence electrons. The Labute approximate surface area is 92.3 Å². The molecule has 0 saturated carbocycles. The van der Waals surface area contributed by atoms with E-state index in [0.717, 1.165) is 4.91 Å². The molecule has 5 heteroatoms. The van der Waals surface area contributed by atoms with E-state index >= 15 is 0 Å². The fourth-order valence-corrected chi connectivity index (χ4v) is 3.26. The van der Waals surface area contributed by atoms with Gasteiger partial charge < -0.3 is 5.11 Å². The molecule has 0 aromatic heterocycles. The first-order valence-corrected chi connectivity index (χ1v) is 5.67. The molecule has 15 heavy (non-hydrogen) atoms. The summed E-state index contributed by atoms with van der Waals surface area (Å²) in [6, 6.07) is 0. The molecule has 2 aliphatic heterocycles. The van der Waals surface area contributed by atoms with Crippen molar-refractivity contribution in [2.75, 3.05) is 0 Å². The standard InChI is InChI=1S/C10H13NO3S/c1-10(2,3)8-7(9(13)14)11-5(12)4-6(11)15-8/h6H,4H2,1-3H3,(H,13,14)/t6-/m1/s1. The van der Waals surface area contributed by atoms with Crippen molar-refractivity contribution in [1.29, 1.82) is 0 Å². The Morgan fingerprint density at radius 3 is 2.53 bits per heavy atom. The SMILES string of the molecule is CC(C)(C)C1=C(C(=O)O)N2C(=O)C[C@H]2S1. The molecule has 0 bridgehead atoms. The van der Waals surface area contributed by atoms with Gasteiger partial charge in [-0.05, 0) is 5.41 Å². The molecule has 1 atom stereocenters. The number of carboxylic acids is 1. The third-order valence-corrected chi connectivity index (χ3v) is 4.19. The summed E-state index contributed by atoms with van der Waals surface area (Å²) in [5.41, 5.74) is -0.0236. The van der Waals surface area contributed by atoms with Gasteiger partial charge >= 0.3 is 5.97 Å². The van der Waals surface area contributed by atoms with Crippen LogP contribution in [0, 0.1) is 5.41 Å². The maximum absolute atomic E-state index is 11.3. The van der Waals surface area contributed by atoms with Gasteiger partial charge in [0, 0.05) is 4.91 Å². The number of amides is 1. The van der Waals surface area contributed by atoms with Gasteiger partial charge in [0.25, 0.3) is 0 Å². The first-order valence-electron chi connectivity index (χ1n) is 4.79. The highest BCUT2D eigenvalue weighted by Gasteiger charge is 2.50. The lowest BCUT2D eigenvalue weighted by Gasteiger charge is -2.33. The summed E-state index contributed by atoms with van der Waals surface area (Å²) in [7, 11) is 0. The Morgan fingerprint density at radius 1 is 1.53 bits per heavy atom. The lowest BCUT2D eigenvalue weighted by molar-refractivity contribution is -0.145. The summed E-state index contributed by atoms with van der Waals surface area (Å²) in [4.78, 5) is 24.7. The third kappa shape index (κ3) is 1.45. The lowest BCUT2D eigenvalue weighted by atomic mass is 9.94. The molecule has 0 aromatic carbocycles. The third-order valence-electron chi connectivity index (χ3n) is 2.50. The second kappa shape index (κ2) is 3.01. The predicted molar refractivity (Wildman–Crippen MR) is 57.0 cm³/mol. The summed E-state index contributed by atoms with van der Waals surface area (Å²) in [6.45, 7) is 5.90. The van der Waals surface area contributed by atoms with E-state index in [1.54, 1.807) is 0 Å². The van der Waals surface area contributed by atoms with Gasteiger partial charge in [0.05, 0.1) is 11.8 Å². The van der Waals surface area contributed by atoms with Crippen LogP contribution in [0.25, 0.3) is 0 Å². The molecule has 0 aromatic rings. The van der Waals surface area contributed by atoms with Gasteiger partial charge in [0.15, 0.2) is 0 Å². The zero-order chi connectivity index (χ0) is 11.4. The molecule has 1 amide bonds. The summed E-state index contributed by atoms with van der Waals surface area (Å²) in [5, 5.41) is 9.15. The molecule has 2 heterocycles. The predicted octanol–water partition coefficient (Wildman–Crippen LogP) is 1.63. The first kappa shape index (κ1) is 10.5. The van der Waals surface area contributed by atoms with Gasteiger partial charge in [0.1, 0.15) is 5.70 Å². The number of β-lactam (4-membered cyclic amide) rings is 1. The van der Waals surface area contributed by atoms with Gasteiger partial charge in [-0.1, -0.05) is 20.8 Å². The van der Waals surface area contributed by atoms with Crippen LogP contribution >= 0.6 is 11.8 Å². The van der Waals surface area contributed by atoms with Gasteiger partial charge in [-0.15, -0.1) is 11.8 Å². The molecule has 1 N–H and O–H groups in total. The Morgan fingerprint density at radius 2 is 2.13 bits per heavy atom. The van der Waals surface area contributed by atoms with E-state index < -0.39 is 5.97 Å². The van der Waals surface area contributed by atoms with Crippen LogP contribution in [0.3, 0.4) is 0 Å². The number of rotatable bonds is 1. The van der Waals surface area contributed by atoms with Crippen LogP contribution in [-0.2, 0) is 9.59 Å². The van der Waals surface area contributed by atoms with Crippen LogP contribution in [0.1, 0.15) is 27.2 Å². The highest BCUT2D eigenvalue weighted by Crippen LogP contribution is 2.52. The number of aliphatic carboxylic acids is 1. The first-order chi connectivity index (χ1) is 6.82. The van der Waals surface area contributed by atoms with E-state index in [9.17, 15) is 9.59 Å². The van der Waals surface area contributed by atoms with Gasteiger partial charge in [-0.2, -0.15) is 0 Å². The Balaban J connectivity index is 2.44. The van der Waals surface area contributed by atoms with E-state index in [4.69, 9.17) is 5.11 Å². The number of hydrogen-bond acceptors (Lipinski definition) is 3. The van der Waals surface area contributed by atoms with Crippen molar-refractivity contribution in [2.45, 2.75) is 32.6 Å². The van der Waals surface area contributed by atoms with E-state index in [0.29, 0.717) is 6.42 Å². The molecule has 2 rings (SSSR count). The minimum Gasteiger partial charge on any atom is -0.477 e. The van der Waals surface area contributed by atoms with Crippen LogP contribution in [0.5, 0.6) is 0 Å². The molecule has 0 spiro atoms. The normalized spacial score (nSPS) is 25.4. The quantitative estimate of drug-likeness (QED) is 0.692. The van der Waals surface area contributed by atoms with Crippen LogP contribution < -0.4 is 0 Å². The average Bonchev–Trinajstić information content (AvgIpc) is 2.36. The van der Waals surface area contributed by atoms with Crippen molar-refractivity contribution in [2.24, 2.45) is 5.41 Å². The molecular weight excluding hydrogens is 214 g/mol. The maximum atomic E-state index is 11.3. The smallest absolute Gasteiger partial charge is 0.353 e. The highest BCUT2D eigenvalue weighted by molar-refractivity contribution is 8.04. The van der Waals surface area contributed by atoms with Gasteiger partial charge in [-0.3, -0.25) is 9.69 Å². The van der Waals surface area contributed by atoms with Gasteiger partial charge in [0.2, 0.25) is 5.91 Å². The summed E-state index contributed by atoms with van der Waals surface area (Å²) in [6.07, 6.45) is 0.459. The highest BCUT2D eigenvalue weighted by atomic mass is 32.2. The monoisotopic (exact) mass is 227 g/mol. The summed E-state index contributed by atoms with van der Waals surface area (Å²) >= 11 is 1.51. The van der Waals surface area contributed by atoms with E-state index in [1.807, 2.05) is 20.8 Å². The van der Waals surface area contributed by atoms with Crippen molar-refractivity contribution >= 4 is 23.6 Å². The fraction of sp³-hybridized carbons (Fsp3) is 0.600. The number of carbonyl (C=O) groups excluding carboxylic acids is 1. The van der Waals surface area contributed by atoms with Crippen LogP contribution in [-0.4, -0.2) is 27.3 Å². The molecule has 0 radical (unpaired) electrons. The summed E-state index contributed by atoms with van der Waals surface area (Å²) in [5.74, 6) is -1.08. The van der Waals surface area contributed by atoms with E-state index in [1.165, 1.54) is 16.7 Å². The van der Waals surface area contributed by atoms with Crippen molar-refractivity contribution < 1.29 is 14.7 Å². The minimum atomic E-state index is -0.997.